The van der Waals surface area contributed by atoms with Crippen molar-refractivity contribution in [1.82, 2.24) is 9.78 Å². The van der Waals surface area contributed by atoms with Crippen LogP contribution in [0.15, 0.2) is 65.2 Å². The van der Waals surface area contributed by atoms with Crippen LogP contribution in [-0.2, 0) is 21.1 Å². The van der Waals surface area contributed by atoms with E-state index in [1.165, 1.54) is 24.3 Å². The largest absolute Gasteiger partial charge is 0.299 e. The Morgan fingerprint density at radius 1 is 1.18 bits per heavy atom. The molecule has 5 nitrogen and oxygen atoms in total. The number of rotatable bonds is 5. The summed E-state index contributed by atoms with van der Waals surface area (Å²) >= 11 is 5.91. The summed E-state index contributed by atoms with van der Waals surface area (Å²) < 4.78 is 41.2. The molecule has 2 atom stereocenters. The number of benzene rings is 2. The molecule has 5 rings (SSSR count). The Bertz CT molecular complexity index is 1390. The van der Waals surface area contributed by atoms with Gasteiger partial charge in [-0.15, -0.1) is 0 Å². The van der Waals surface area contributed by atoms with Crippen LogP contribution in [0.1, 0.15) is 37.4 Å². The fraction of sp³-hybridized carbons (Fsp3) is 0.308. The number of Topliss-reactive ketones (excluding diaryl/α,β-unsaturated/α-hetero) is 1. The maximum atomic E-state index is 13.4. The van der Waals surface area contributed by atoms with Crippen molar-refractivity contribution in [3.8, 4) is 5.69 Å². The maximum Gasteiger partial charge on any atom is 0.178 e. The molecule has 0 radical (unpaired) electrons. The molecule has 1 fully saturated rings. The lowest BCUT2D eigenvalue weighted by Crippen LogP contribution is -2.42. The number of carbonyl (C=O) groups excluding carboxylic acids is 1. The van der Waals surface area contributed by atoms with Crippen LogP contribution in [0.2, 0.25) is 5.02 Å². The monoisotopic (exact) mass is 498 g/mol. The van der Waals surface area contributed by atoms with E-state index in [0.717, 1.165) is 22.5 Å². The fourth-order valence-electron chi connectivity index (χ4n) is 5.37. The average Bonchev–Trinajstić information content (AvgIpc) is 3.20. The van der Waals surface area contributed by atoms with E-state index >= 15 is 0 Å². The van der Waals surface area contributed by atoms with Gasteiger partial charge in [-0.05, 0) is 98.7 Å². The second-order valence-electron chi connectivity index (χ2n) is 9.27. The van der Waals surface area contributed by atoms with Crippen molar-refractivity contribution < 1.29 is 17.6 Å². The van der Waals surface area contributed by atoms with Crippen LogP contribution in [0.4, 0.5) is 4.39 Å². The van der Waals surface area contributed by atoms with E-state index in [-0.39, 0.29) is 28.2 Å². The zero-order valence-electron chi connectivity index (χ0n) is 18.7. The number of nitrogens with zero attached hydrogens (tertiary/aromatic N) is 2. The first-order chi connectivity index (χ1) is 16.2. The summed E-state index contributed by atoms with van der Waals surface area (Å²) in [4.78, 5) is 13.3. The highest BCUT2D eigenvalue weighted by Gasteiger charge is 2.47. The molecular formula is C26H24ClFN2O3S. The van der Waals surface area contributed by atoms with Crippen molar-refractivity contribution in [1.29, 1.82) is 0 Å². The number of allylic oxidation sites excluding steroid dienone is 1. The average molecular weight is 499 g/mol. The molecule has 1 heterocycles. The Morgan fingerprint density at radius 3 is 2.56 bits per heavy atom. The minimum absolute atomic E-state index is 0.00135. The number of fused-ring (bicyclic) bond motifs is 2. The first-order valence-electron chi connectivity index (χ1n) is 11.2. The Morgan fingerprint density at radius 2 is 1.88 bits per heavy atom. The lowest BCUT2D eigenvalue weighted by molar-refractivity contribution is -0.126. The van der Waals surface area contributed by atoms with E-state index in [0.29, 0.717) is 30.7 Å². The number of halogens is 2. The van der Waals surface area contributed by atoms with Gasteiger partial charge in [-0.1, -0.05) is 17.2 Å². The molecule has 0 N–H and O–H groups in total. The van der Waals surface area contributed by atoms with E-state index in [4.69, 9.17) is 11.6 Å². The summed E-state index contributed by atoms with van der Waals surface area (Å²) in [6.07, 6.45) is 6.09. The van der Waals surface area contributed by atoms with Crippen LogP contribution in [0.5, 0.6) is 0 Å². The molecule has 0 unspecified atom stereocenters. The molecule has 176 valence electrons. The van der Waals surface area contributed by atoms with Gasteiger partial charge in [0.25, 0.3) is 0 Å². The molecule has 0 bridgehead atoms. The van der Waals surface area contributed by atoms with Gasteiger partial charge < -0.3 is 0 Å². The van der Waals surface area contributed by atoms with Crippen molar-refractivity contribution in [3.05, 3.63) is 82.4 Å². The van der Waals surface area contributed by atoms with Gasteiger partial charge in [0.05, 0.1) is 33.6 Å². The third-order valence-corrected chi connectivity index (χ3v) is 9.29. The van der Waals surface area contributed by atoms with Crippen molar-refractivity contribution in [2.45, 2.75) is 37.5 Å². The van der Waals surface area contributed by atoms with Gasteiger partial charge >= 0.3 is 0 Å². The third-order valence-electron chi connectivity index (χ3n) is 7.14. The van der Waals surface area contributed by atoms with Gasteiger partial charge in [-0.25, -0.2) is 17.5 Å². The highest BCUT2D eigenvalue weighted by atomic mass is 35.5. The SMILES string of the molecule is CC(=O)[C@]12Cc3cnn(-c4ccc(F)cc4)c3C=C1CC[C@H](CS(=O)(=O)c1ccc(Cl)cc1)C2. The zero-order valence-corrected chi connectivity index (χ0v) is 20.2. The van der Waals surface area contributed by atoms with Crippen LogP contribution in [0.25, 0.3) is 11.8 Å². The molecule has 8 heteroatoms. The van der Waals surface area contributed by atoms with E-state index in [9.17, 15) is 17.6 Å². The highest BCUT2D eigenvalue weighted by Crippen LogP contribution is 2.51. The number of carbonyl (C=O) groups is 1. The maximum absolute atomic E-state index is 13.4. The predicted molar refractivity (Wildman–Crippen MR) is 129 cm³/mol. The third kappa shape index (κ3) is 4.01. The van der Waals surface area contributed by atoms with E-state index in [1.807, 2.05) is 6.08 Å². The van der Waals surface area contributed by atoms with Gasteiger partial charge in [-0.3, -0.25) is 4.79 Å². The number of hydrogen-bond acceptors (Lipinski definition) is 4. The summed E-state index contributed by atoms with van der Waals surface area (Å²) in [6.45, 7) is 1.60. The second-order valence-corrected chi connectivity index (χ2v) is 11.7. The summed E-state index contributed by atoms with van der Waals surface area (Å²) in [5, 5.41) is 4.99. The Labute approximate surface area is 203 Å². The number of sulfone groups is 1. The summed E-state index contributed by atoms with van der Waals surface area (Å²) in [7, 11) is -3.50. The Balaban J connectivity index is 1.45. The van der Waals surface area contributed by atoms with Crippen LogP contribution in [0, 0.1) is 17.2 Å². The molecule has 34 heavy (non-hydrogen) atoms. The van der Waals surface area contributed by atoms with Crippen molar-refractivity contribution >= 4 is 33.3 Å². The Hall–Kier alpha value is -2.77. The van der Waals surface area contributed by atoms with Crippen LogP contribution in [-0.4, -0.2) is 29.7 Å². The molecule has 2 aliphatic carbocycles. The normalized spacial score (nSPS) is 22.0. The smallest absolute Gasteiger partial charge is 0.178 e. The molecule has 3 aromatic rings. The zero-order chi connectivity index (χ0) is 24.1. The van der Waals surface area contributed by atoms with Crippen LogP contribution >= 0.6 is 11.6 Å². The molecule has 0 spiro atoms. The van der Waals surface area contributed by atoms with Crippen molar-refractivity contribution in [2.75, 3.05) is 5.75 Å². The van der Waals surface area contributed by atoms with Crippen LogP contribution in [0.3, 0.4) is 0 Å². The van der Waals surface area contributed by atoms with E-state index < -0.39 is 15.3 Å². The van der Waals surface area contributed by atoms with E-state index in [2.05, 4.69) is 5.10 Å². The lowest BCUT2D eigenvalue weighted by Gasteiger charge is -2.43. The molecule has 1 aromatic heterocycles. The molecule has 1 saturated carbocycles. The minimum Gasteiger partial charge on any atom is -0.299 e. The number of aromatic nitrogens is 2. The summed E-state index contributed by atoms with van der Waals surface area (Å²) in [5.41, 5.74) is 2.88. The van der Waals surface area contributed by atoms with Gasteiger partial charge in [-0.2, -0.15) is 5.10 Å². The quantitative estimate of drug-likeness (QED) is 0.469. The fourth-order valence-corrected chi connectivity index (χ4v) is 7.14. The van der Waals surface area contributed by atoms with Gasteiger partial charge in [0.2, 0.25) is 0 Å². The van der Waals surface area contributed by atoms with Crippen molar-refractivity contribution in [2.24, 2.45) is 11.3 Å². The molecule has 0 saturated heterocycles. The second kappa shape index (κ2) is 8.47. The first kappa shape index (κ1) is 23.0. The summed E-state index contributed by atoms with van der Waals surface area (Å²) in [6, 6.07) is 12.4. The van der Waals surface area contributed by atoms with E-state index in [1.54, 1.807) is 42.1 Å². The molecule has 2 aliphatic rings. The van der Waals surface area contributed by atoms with Gasteiger partial charge in [0.1, 0.15) is 11.6 Å². The molecular weight excluding hydrogens is 475 g/mol. The van der Waals surface area contributed by atoms with Gasteiger partial charge in [0, 0.05) is 5.02 Å². The number of ketones is 1. The summed E-state index contributed by atoms with van der Waals surface area (Å²) in [5.74, 6) is -0.396. The minimum atomic E-state index is -3.50. The van der Waals surface area contributed by atoms with Crippen LogP contribution < -0.4 is 0 Å². The molecule has 0 amide bonds. The Kier molecular flexibility index (Phi) is 5.73. The topological polar surface area (TPSA) is 69.0 Å². The van der Waals surface area contributed by atoms with Crippen molar-refractivity contribution in [3.63, 3.8) is 0 Å². The lowest BCUT2D eigenvalue weighted by atomic mass is 9.60. The van der Waals surface area contributed by atoms with Gasteiger partial charge in [0.15, 0.2) is 9.84 Å². The molecule has 2 aromatic carbocycles. The first-order valence-corrected chi connectivity index (χ1v) is 13.2. The standard InChI is InChI=1S/C26H24ClFN2O3S/c1-17(31)26-13-18(16-34(32,33)24-10-4-21(27)5-11-24)2-3-20(26)12-25-19(14-26)15-29-30(25)23-8-6-22(28)7-9-23/h4-12,15,18H,2-3,13-14,16H2,1H3/t18-,26-/m0/s1. The predicted octanol–water partition coefficient (Wildman–Crippen LogP) is 5.45. The highest BCUT2D eigenvalue weighted by molar-refractivity contribution is 7.91. The number of hydrogen-bond donors (Lipinski definition) is 0. The molecule has 0 aliphatic heterocycles.